The van der Waals surface area contributed by atoms with Gasteiger partial charge in [-0.25, -0.2) is 5.43 Å². The van der Waals surface area contributed by atoms with Crippen LogP contribution in [0, 0.1) is 0 Å². The Labute approximate surface area is 187 Å². The van der Waals surface area contributed by atoms with Crippen molar-refractivity contribution >= 4 is 49.9 Å². The Hall–Kier alpha value is -2.19. The van der Waals surface area contributed by atoms with Gasteiger partial charge >= 0.3 is 0 Å². The zero-order chi connectivity index (χ0) is 21.2. The van der Waals surface area contributed by atoms with Gasteiger partial charge in [-0.15, -0.1) is 0 Å². The molecule has 1 unspecified atom stereocenters. The van der Waals surface area contributed by atoms with Gasteiger partial charge in [0.15, 0.2) is 0 Å². The topological polar surface area (TPSA) is 79.8 Å². The molecule has 1 atom stereocenters. The Morgan fingerprint density at radius 2 is 1.97 bits per heavy atom. The van der Waals surface area contributed by atoms with Crippen LogP contribution in [-0.2, 0) is 4.79 Å². The van der Waals surface area contributed by atoms with E-state index >= 15 is 0 Å². The third-order valence-corrected chi connectivity index (χ3v) is 5.15. The smallest absolute Gasteiger partial charge is 0.262 e. The molecule has 0 aliphatic heterocycles. The van der Waals surface area contributed by atoms with Crippen molar-refractivity contribution in [1.82, 2.24) is 10.7 Å². The second-order valence-electron chi connectivity index (χ2n) is 6.29. The van der Waals surface area contributed by atoms with Crippen LogP contribution in [0.4, 0.5) is 0 Å². The molecule has 0 saturated carbocycles. The van der Waals surface area contributed by atoms with E-state index in [-0.39, 0.29) is 5.91 Å². The average Bonchev–Trinajstić information content (AvgIpc) is 2.69. The van der Waals surface area contributed by atoms with Crippen LogP contribution in [0.25, 0.3) is 0 Å². The Kier molecular flexibility index (Phi) is 9.34. The predicted molar refractivity (Wildman–Crippen MR) is 121 cm³/mol. The largest absolute Gasteiger partial charge is 0.493 e. The lowest BCUT2D eigenvalue weighted by atomic mass is 10.2. The third kappa shape index (κ3) is 7.29. The minimum atomic E-state index is -0.755. The zero-order valence-electron chi connectivity index (χ0n) is 16.2. The normalized spacial score (nSPS) is 11.9. The number of hydrogen-bond acceptors (Lipinski definition) is 4. The van der Waals surface area contributed by atoms with E-state index in [0.717, 1.165) is 22.9 Å². The van der Waals surface area contributed by atoms with Gasteiger partial charge in [0.1, 0.15) is 11.8 Å². The Balaban J connectivity index is 1.95. The number of unbranched alkanes of at least 4 members (excludes halogenated alkanes) is 1. The summed E-state index contributed by atoms with van der Waals surface area (Å²) in [4.78, 5) is 24.6. The molecule has 0 aliphatic carbocycles. The fourth-order valence-corrected chi connectivity index (χ4v) is 3.17. The van der Waals surface area contributed by atoms with Crippen LogP contribution >= 0.6 is 31.9 Å². The van der Waals surface area contributed by atoms with Crippen LogP contribution < -0.4 is 15.5 Å². The molecule has 2 aromatic carbocycles. The summed E-state index contributed by atoms with van der Waals surface area (Å²) in [6, 6.07) is 11.8. The standard InChI is InChI=1S/C21H23Br2N3O3/c1-3-4-11-29-19-10-9-16(22)12-15(19)13-24-26-20(27)14(2)25-21(28)17-7-5-6-8-18(17)23/h5-10,12-14H,3-4,11H2,1-2H3,(H,25,28)(H,26,27). The molecule has 29 heavy (non-hydrogen) atoms. The molecule has 0 heterocycles. The molecule has 6 nitrogen and oxygen atoms in total. The van der Waals surface area contributed by atoms with Gasteiger partial charge in [-0.1, -0.05) is 41.4 Å². The molecule has 2 rings (SSSR count). The highest BCUT2D eigenvalue weighted by Gasteiger charge is 2.17. The molecule has 2 aromatic rings. The molecule has 0 aliphatic rings. The second-order valence-corrected chi connectivity index (χ2v) is 8.06. The van der Waals surface area contributed by atoms with Gasteiger partial charge in [0.05, 0.1) is 18.4 Å². The maximum atomic E-state index is 12.3. The maximum absolute atomic E-state index is 12.3. The first kappa shape index (κ1) is 23.1. The molecule has 0 fully saturated rings. The summed E-state index contributed by atoms with van der Waals surface area (Å²) in [7, 11) is 0. The van der Waals surface area contributed by atoms with Crippen LogP contribution in [-0.4, -0.2) is 30.7 Å². The number of ether oxygens (including phenoxy) is 1. The number of hydrogen-bond donors (Lipinski definition) is 2. The first-order valence-electron chi connectivity index (χ1n) is 9.23. The van der Waals surface area contributed by atoms with E-state index in [9.17, 15) is 9.59 Å². The van der Waals surface area contributed by atoms with E-state index in [4.69, 9.17) is 4.74 Å². The van der Waals surface area contributed by atoms with E-state index in [1.165, 1.54) is 6.21 Å². The van der Waals surface area contributed by atoms with Gasteiger partial charge in [0.25, 0.3) is 11.8 Å². The minimum absolute atomic E-state index is 0.345. The molecule has 154 valence electrons. The number of amides is 2. The van der Waals surface area contributed by atoms with Crippen molar-refractivity contribution in [2.75, 3.05) is 6.61 Å². The van der Waals surface area contributed by atoms with Crippen molar-refractivity contribution < 1.29 is 14.3 Å². The number of hydrazone groups is 1. The van der Waals surface area contributed by atoms with Crippen LogP contribution in [0.15, 0.2) is 56.5 Å². The van der Waals surface area contributed by atoms with E-state index in [0.29, 0.717) is 22.4 Å². The van der Waals surface area contributed by atoms with Crippen molar-refractivity contribution in [3.63, 3.8) is 0 Å². The molecule has 2 N–H and O–H groups in total. The van der Waals surface area contributed by atoms with Gasteiger partial charge in [0, 0.05) is 14.5 Å². The molecule has 0 spiro atoms. The zero-order valence-corrected chi connectivity index (χ0v) is 19.4. The molecule has 2 amide bonds. The van der Waals surface area contributed by atoms with Crippen molar-refractivity contribution in [3.05, 3.63) is 62.5 Å². The fourth-order valence-electron chi connectivity index (χ4n) is 2.33. The molecule has 0 aromatic heterocycles. The number of benzene rings is 2. The number of carbonyl (C=O) groups excluding carboxylic acids is 2. The Bertz CT molecular complexity index is 887. The quantitative estimate of drug-likeness (QED) is 0.284. The minimum Gasteiger partial charge on any atom is -0.493 e. The van der Waals surface area contributed by atoms with E-state index in [2.05, 4.69) is 54.6 Å². The lowest BCUT2D eigenvalue weighted by Crippen LogP contribution is -2.43. The highest BCUT2D eigenvalue weighted by molar-refractivity contribution is 9.10. The molecular formula is C21H23Br2N3O3. The van der Waals surface area contributed by atoms with Crippen LogP contribution in [0.2, 0.25) is 0 Å². The highest BCUT2D eigenvalue weighted by atomic mass is 79.9. The summed E-state index contributed by atoms with van der Waals surface area (Å²) in [5.74, 6) is -0.0808. The number of nitrogens with one attached hydrogen (secondary N) is 2. The summed E-state index contributed by atoms with van der Waals surface area (Å²) in [5, 5.41) is 6.66. The van der Waals surface area contributed by atoms with Gasteiger partial charge < -0.3 is 10.1 Å². The van der Waals surface area contributed by atoms with Crippen molar-refractivity contribution in [2.24, 2.45) is 5.10 Å². The lowest BCUT2D eigenvalue weighted by molar-refractivity contribution is -0.122. The Morgan fingerprint density at radius 1 is 1.21 bits per heavy atom. The summed E-state index contributed by atoms with van der Waals surface area (Å²) in [6.07, 6.45) is 3.52. The highest BCUT2D eigenvalue weighted by Crippen LogP contribution is 2.22. The summed E-state index contributed by atoms with van der Waals surface area (Å²) in [5.41, 5.74) is 3.64. The lowest BCUT2D eigenvalue weighted by Gasteiger charge is -2.13. The SMILES string of the molecule is CCCCOc1ccc(Br)cc1C=NNC(=O)C(C)NC(=O)c1ccccc1Br. The number of rotatable bonds is 9. The van der Waals surface area contributed by atoms with Gasteiger partial charge in [-0.05, 0) is 59.6 Å². The third-order valence-electron chi connectivity index (χ3n) is 3.97. The van der Waals surface area contributed by atoms with Crippen LogP contribution in [0.5, 0.6) is 5.75 Å². The first-order valence-corrected chi connectivity index (χ1v) is 10.8. The number of carbonyl (C=O) groups is 2. The van der Waals surface area contributed by atoms with Crippen molar-refractivity contribution in [1.29, 1.82) is 0 Å². The Morgan fingerprint density at radius 3 is 2.69 bits per heavy atom. The average molecular weight is 525 g/mol. The first-order chi connectivity index (χ1) is 13.9. The van der Waals surface area contributed by atoms with Crippen LogP contribution in [0.3, 0.4) is 0 Å². The van der Waals surface area contributed by atoms with Gasteiger partial charge in [0.2, 0.25) is 0 Å². The number of halogens is 2. The monoisotopic (exact) mass is 523 g/mol. The number of nitrogens with zero attached hydrogens (tertiary/aromatic N) is 1. The molecule has 8 heteroatoms. The molecule has 0 bridgehead atoms. The summed E-state index contributed by atoms with van der Waals surface area (Å²) < 4.78 is 7.30. The van der Waals surface area contributed by atoms with Crippen molar-refractivity contribution in [3.8, 4) is 5.75 Å². The molecular weight excluding hydrogens is 502 g/mol. The van der Waals surface area contributed by atoms with E-state index < -0.39 is 11.9 Å². The maximum Gasteiger partial charge on any atom is 0.262 e. The van der Waals surface area contributed by atoms with Crippen molar-refractivity contribution in [2.45, 2.75) is 32.7 Å². The van der Waals surface area contributed by atoms with E-state index in [1.807, 2.05) is 24.3 Å². The fraction of sp³-hybridized carbons (Fsp3) is 0.286. The molecule has 0 saturated heterocycles. The second kappa shape index (κ2) is 11.7. The van der Waals surface area contributed by atoms with E-state index in [1.54, 1.807) is 25.1 Å². The van der Waals surface area contributed by atoms with Crippen LogP contribution in [0.1, 0.15) is 42.6 Å². The molecule has 0 radical (unpaired) electrons. The van der Waals surface area contributed by atoms with Gasteiger partial charge in [-0.2, -0.15) is 5.10 Å². The van der Waals surface area contributed by atoms with Gasteiger partial charge in [-0.3, -0.25) is 9.59 Å². The predicted octanol–water partition coefficient (Wildman–Crippen LogP) is 4.66. The summed E-state index contributed by atoms with van der Waals surface area (Å²) >= 11 is 6.75. The summed E-state index contributed by atoms with van der Waals surface area (Å²) in [6.45, 7) is 4.31.